The van der Waals surface area contributed by atoms with Crippen LogP contribution in [0.15, 0.2) is 238 Å². The van der Waals surface area contributed by atoms with Gasteiger partial charge in [0.15, 0.2) is 0 Å². The lowest BCUT2D eigenvalue weighted by molar-refractivity contribution is 0.661. The summed E-state index contributed by atoms with van der Waals surface area (Å²) in [5.74, 6) is 0. The second kappa shape index (κ2) is 13.2. The van der Waals surface area contributed by atoms with Crippen LogP contribution in [0.5, 0.6) is 0 Å². The maximum absolute atomic E-state index is 2.49. The zero-order chi connectivity index (χ0) is 40.0. The summed E-state index contributed by atoms with van der Waals surface area (Å²) in [7, 11) is -1.97. The van der Waals surface area contributed by atoms with E-state index in [-0.39, 0.29) is 5.41 Å². The van der Waals surface area contributed by atoms with Crippen LogP contribution >= 0.6 is 10.0 Å². The first-order valence-electron chi connectivity index (χ1n) is 20.8. The molecule has 0 unspecified atom stereocenters. The second-order valence-electron chi connectivity index (χ2n) is 16.5. The van der Waals surface area contributed by atoms with Gasteiger partial charge < -0.3 is 9.13 Å². The molecule has 9 aromatic carbocycles. The first-order chi connectivity index (χ1) is 29.5. The van der Waals surface area contributed by atoms with Gasteiger partial charge in [0.05, 0.1) is 22.1 Å². The molecule has 3 heteroatoms. The van der Waals surface area contributed by atoms with Gasteiger partial charge in [-0.3, -0.25) is 0 Å². The van der Waals surface area contributed by atoms with E-state index in [1.54, 1.807) is 0 Å². The zero-order valence-electron chi connectivity index (χ0n) is 33.6. The molecule has 0 N–H and O–H groups in total. The molecule has 0 spiro atoms. The van der Waals surface area contributed by atoms with Crippen molar-refractivity contribution < 1.29 is 0 Å². The largest absolute Gasteiger partial charge is 0.309 e. The standard InChI is InChI=1S/C57H42N2S/c1-57(2)51-27-15-12-24-45(51)48-38-56-50(37-52(48)57)47-26-14-17-29-54(47)59(56)40-30-32-43(33-31-40)60(41-20-8-4-9-21-41,42-22-10-5-11-23-42)44-34-35-55-49(36-44)46-25-13-16-28-53(46)58(55)39-18-6-3-7-19-39/h3-38H,1-2H3. The third-order valence-electron chi connectivity index (χ3n) is 13.0. The predicted octanol–water partition coefficient (Wildman–Crippen LogP) is 15.5. The van der Waals surface area contributed by atoms with Crippen LogP contribution in [0.2, 0.25) is 0 Å². The van der Waals surface area contributed by atoms with Crippen LogP contribution in [-0.4, -0.2) is 9.13 Å². The lowest BCUT2D eigenvalue weighted by Gasteiger charge is -2.42. The van der Waals surface area contributed by atoms with Gasteiger partial charge in [-0.1, -0.05) is 129 Å². The van der Waals surface area contributed by atoms with Crippen molar-refractivity contribution in [2.24, 2.45) is 0 Å². The van der Waals surface area contributed by atoms with E-state index in [0.29, 0.717) is 0 Å². The molecule has 11 aromatic rings. The number of hydrogen-bond acceptors (Lipinski definition) is 0. The van der Waals surface area contributed by atoms with Gasteiger partial charge in [-0.25, -0.2) is 0 Å². The minimum atomic E-state index is -1.97. The topological polar surface area (TPSA) is 9.86 Å². The summed E-state index contributed by atoms with van der Waals surface area (Å²) in [6.07, 6.45) is 0. The summed E-state index contributed by atoms with van der Waals surface area (Å²) in [5, 5.41) is 5.09. The van der Waals surface area contributed by atoms with Gasteiger partial charge in [-0.05, 0) is 125 Å². The molecule has 0 aliphatic heterocycles. The van der Waals surface area contributed by atoms with Crippen molar-refractivity contribution in [2.45, 2.75) is 38.8 Å². The van der Waals surface area contributed by atoms with Crippen LogP contribution in [0.25, 0.3) is 66.1 Å². The number of fused-ring (bicyclic) bond motifs is 9. The summed E-state index contributed by atoms with van der Waals surface area (Å²) >= 11 is 0. The number of nitrogens with zero attached hydrogens (tertiary/aromatic N) is 2. The Morgan fingerprint density at radius 2 is 0.783 bits per heavy atom. The van der Waals surface area contributed by atoms with Crippen molar-refractivity contribution >= 4 is 53.6 Å². The molecule has 0 atom stereocenters. The predicted molar refractivity (Wildman–Crippen MR) is 253 cm³/mol. The molecular weight excluding hydrogens is 745 g/mol. The quantitative estimate of drug-likeness (QED) is 0.159. The molecule has 2 heterocycles. The van der Waals surface area contributed by atoms with Gasteiger partial charge in [-0.2, -0.15) is 0 Å². The lowest BCUT2D eigenvalue weighted by Crippen LogP contribution is -2.14. The monoisotopic (exact) mass is 786 g/mol. The van der Waals surface area contributed by atoms with E-state index in [1.165, 1.54) is 91.1 Å². The Morgan fingerprint density at radius 3 is 1.43 bits per heavy atom. The molecule has 2 nitrogen and oxygen atoms in total. The average Bonchev–Trinajstić information content (AvgIpc) is 3.90. The van der Waals surface area contributed by atoms with Crippen molar-refractivity contribution in [1.29, 1.82) is 0 Å². The molecule has 60 heavy (non-hydrogen) atoms. The highest BCUT2D eigenvalue weighted by Crippen LogP contribution is 2.73. The van der Waals surface area contributed by atoms with Gasteiger partial charge in [0.25, 0.3) is 0 Å². The van der Waals surface area contributed by atoms with Crippen LogP contribution in [0.1, 0.15) is 25.0 Å². The van der Waals surface area contributed by atoms with Gasteiger partial charge >= 0.3 is 0 Å². The van der Waals surface area contributed by atoms with Crippen molar-refractivity contribution in [1.82, 2.24) is 9.13 Å². The van der Waals surface area contributed by atoms with E-state index in [4.69, 9.17) is 0 Å². The first kappa shape index (κ1) is 34.9. The molecule has 286 valence electrons. The second-order valence-corrected chi connectivity index (χ2v) is 19.6. The molecule has 0 fully saturated rings. The van der Waals surface area contributed by atoms with Gasteiger partial charge in [0.1, 0.15) is 0 Å². The minimum Gasteiger partial charge on any atom is -0.309 e. The maximum atomic E-state index is 2.49. The average molecular weight is 787 g/mol. The summed E-state index contributed by atoms with van der Waals surface area (Å²) < 4.78 is 4.89. The molecular formula is C57H42N2S. The number of hydrogen-bond donors (Lipinski definition) is 0. The number of rotatable bonds is 6. The van der Waals surface area contributed by atoms with Crippen LogP contribution in [-0.2, 0) is 5.41 Å². The van der Waals surface area contributed by atoms with Crippen LogP contribution in [0.4, 0.5) is 0 Å². The van der Waals surface area contributed by atoms with Crippen molar-refractivity contribution in [3.8, 4) is 22.5 Å². The molecule has 12 rings (SSSR count). The summed E-state index contributed by atoms with van der Waals surface area (Å²) in [4.78, 5) is 5.23. The number of aromatic nitrogens is 2. The Labute approximate surface area is 351 Å². The SMILES string of the molecule is CC1(C)c2ccccc2-c2cc3c(cc21)c1ccccc1n3-c1ccc(S(c2ccccc2)(c2ccccc2)c2ccc3c(c2)c2ccccc2n3-c2ccccc2)cc1. The van der Waals surface area contributed by atoms with Crippen LogP contribution in [0.3, 0.4) is 0 Å². The highest BCUT2D eigenvalue weighted by atomic mass is 32.3. The number of para-hydroxylation sites is 3. The molecule has 1 aliphatic carbocycles. The van der Waals surface area contributed by atoms with Gasteiger partial charge in [0, 0.05) is 57.9 Å². The smallest absolute Gasteiger partial charge is 0.0547 e. The Bertz CT molecular complexity index is 3390. The minimum absolute atomic E-state index is 0.0641. The molecule has 0 amide bonds. The summed E-state index contributed by atoms with van der Waals surface area (Å²) in [6, 6.07) is 81.6. The third kappa shape index (κ3) is 4.90. The lowest BCUT2D eigenvalue weighted by atomic mass is 9.82. The van der Waals surface area contributed by atoms with Crippen molar-refractivity contribution in [2.75, 3.05) is 0 Å². The Hall–Kier alpha value is -7.07. The molecule has 2 aromatic heterocycles. The summed E-state index contributed by atoms with van der Waals surface area (Å²) in [5.41, 5.74) is 12.6. The van der Waals surface area contributed by atoms with Crippen LogP contribution in [0, 0.1) is 0 Å². The maximum Gasteiger partial charge on any atom is 0.0547 e. The molecule has 0 saturated carbocycles. The fourth-order valence-corrected chi connectivity index (χ4v) is 14.2. The van der Waals surface area contributed by atoms with Gasteiger partial charge in [0.2, 0.25) is 0 Å². The normalized spacial score (nSPS) is 13.6. The Morgan fingerprint density at radius 1 is 0.317 bits per heavy atom. The summed E-state index contributed by atoms with van der Waals surface area (Å²) in [6.45, 7) is 4.74. The number of benzene rings is 9. The van der Waals surface area contributed by atoms with E-state index >= 15 is 0 Å². The molecule has 0 radical (unpaired) electrons. The fourth-order valence-electron chi connectivity index (χ4n) is 10.3. The Balaban J connectivity index is 1.10. The molecule has 0 bridgehead atoms. The van der Waals surface area contributed by atoms with Crippen LogP contribution < -0.4 is 0 Å². The van der Waals surface area contributed by atoms with E-state index in [0.717, 1.165) is 5.69 Å². The van der Waals surface area contributed by atoms with E-state index in [1.807, 2.05) is 0 Å². The Kier molecular flexibility index (Phi) is 7.70. The third-order valence-corrected chi connectivity index (χ3v) is 16.9. The van der Waals surface area contributed by atoms with E-state index < -0.39 is 10.0 Å². The van der Waals surface area contributed by atoms with Crippen molar-refractivity contribution in [3.05, 3.63) is 230 Å². The fraction of sp³-hybridized carbons (Fsp3) is 0.0526. The van der Waals surface area contributed by atoms with Gasteiger partial charge in [-0.15, -0.1) is 10.0 Å². The molecule has 0 saturated heterocycles. The van der Waals surface area contributed by atoms with Crippen molar-refractivity contribution in [3.63, 3.8) is 0 Å². The highest BCUT2D eigenvalue weighted by molar-refractivity contribution is 8.34. The first-order valence-corrected chi connectivity index (χ1v) is 22.5. The molecule has 1 aliphatic rings. The zero-order valence-corrected chi connectivity index (χ0v) is 34.4. The highest BCUT2D eigenvalue weighted by Gasteiger charge is 2.37. The van der Waals surface area contributed by atoms with E-state index in [9.17, 15) is 0 Å². The van der Waals surface area contributed by atoms with E-state index in [2.05, 4.69) is 241 Å².